The van der Waals surface area contributed by atoms with Crippen LogP contribution in [0, 0.1) is 0 Å². The van der Waals surface area contributed by atoms with Crippen molar-refractivity contribution in [3.8, 4) is 16.9 Å². The molecule has 6 heteroatoms. The Kier molecular flexibility index (Phi) is 5.99. The lowest BCUT2D eigenvalue weighted by molar-refractivity contribution is -0.123. The smallest absolute Gasteiger partial charge is 0.426 e. The molecule has 2 aromatic carbocycles. The zero-order valence-electron chi connectivity index (χ0n) is 12.7. The lowest BCUT2D eigenvalue weighted by Crippen LogP contribution is -2.44. The molecule has 0 bridgehead atoms. The van der Waals surface area contributed by atoms with Crippen LogP contribution >= 0.6 is 0 Å². The van der Waals surface area contributed by atoms with Gasteiger partial charge in [0.2, 0.25) is 0 Å². The summed E-state index contributed by atoms with van der Waals surface area (Å²) in [5.41, 5.74) is 6.22. The van der Waals surface area contributed by atoms with Crippen molar-refractivity contribution in [2.45, 2.75) is 6.92 Å². The van der Waals surface area contributed by atoms with E-state index in [1.807, 2.05) is 48.5 Å². The molecule has 2 amide bonds. The number of ether oxygens (including phenoxy) is 2. The lowest BCUT2D eigenvalue weighted by atomic mass is 10.1. The standard InChI is InChI=1S/C17H18N2O4/c1-2-22-17(21)19-18-16(20)12-23-15-11-7-6-10-14(15)13-8-4-3-5-9-13/h3-11H,2,12H2,1H3,(H,18,20)(H,19,21). The van der Waals surface area contributed by atoms with Crippen LogP contribution in [0.1, 0.15) is 6.92 Å². The molecule has 0 aliphatic heterocycles. The minimum atomic E-state index is -0.717. The fourth-order valence-electron chi connectivity index (χ4n) is 1.92. The molecule has 2 rings (SSSR count). The minimum absolute atomic E-state index is 0.225. The molecular formula is C17H18N2O4. The SMILES string of the molecule is CCOC(=O)NNC(=O)COc1ccccc1-c1ccccc1. The minimum Gasteiger partial charge on any atom is -0.483 e. The van der Waals surface area contributed by atoms with Gasteiger partial charge in [0.1, 0.15) is 5.75 Å². The summed E-state index contributed by atoms with van der Waals surface area (Å²) < 4.78 is 10.2. The molecule has 120 valence electrons. The molecule has 2 N–H and O–H groups in total. The Hall–Kier alpha value is -3.02. The van der Waals surface area contributed by atoms with E-state index in [0.29, 0.717) is 5.75 Å². The van der Waals surface area contributed by atoms with Crippen LogP contribution in [-0.2, 0) is 9.53 Å². The number of amides is 2. The van der Waals surface area contributed by atoms with Crippen LogP contribution in [0.4, 0.5) is 4.79 Å². The molecular weight excluding hydrogens is 296 g/mol. The Bertz CT molecular complexity index is 659. The third kappa shape index (κ3) is 5.03. The van der Waals surface area contributed by atoms with Gasteiger partial charge in [0.05, 0.1) is 6.61 Å². The topological polar surface area (TPSA) is 76.7 Å². The number of benzene rings is 2. The number of hydrazine groups is 1. The van der Waals surface area contributed by atoms with E-state index in [9.17, 15) is 9.59 Å². The summed E-state index contributed by atoms with van der Waals surface area (Å²) in [6.07, 6.45) is -0.717. The molecule has 0 aliphatic carbocycles. The average Bonchev–Trinajstić information content (AvgIpc) is 2.59. The van der Waals surface area contributed by atoms with Gasteiger partial charge >= 0.3 is 6.09 Å². The number of nitrogens with one attached hydrogen (secondary N) is 2. The van der Waals surface area contributed by atoms with Crippen molar-refractivity contribution in [2.24, 2.45) is 0 Å². The molecule has 0 saturated carbocycles. The molecule has 0 saturated heterocycles. The maximum atomic E-state index is 11.7. The zero-order valence-corrected chi connectivity index (χ0v) is 12.7. The van der Waals surface area contributed by atoms with E-state index in [1.165, 1.54) is 0 Å². The Morgan fingerprint density at radius 1 is 0.957 bits per heavy atom. The fraction of sp³-hybridized carbons (Fsp3) is 0.176. The first-order valence-electron chi connectivity index (χ1n) is 7.19. The van der Waals surface area contributed by atoms with Crippen molar-refractivity contribution in [1.82, 2.24) is 10.9 Å². The summed E-state index contributed by atoms with van der Waals surface area (Å²) in [6.45, 7) is 1.67. The van der Waals surface area contributed by atoms with E-state index in [0.717, 1.165) is 11.1 Å². The highest BCUT2D eigenvalue weighted by molar-refractivity contribution is 5.80. The summed E-state index contributed by atoms with van der Waals surface area (Å²) in [5.74, 6) is 0.103. The zero-order chi connectivity index (χ0) is 16.5. The summed E-state index contributed by atoms with van der Waals surface area (Å²) in [4.78, 5) is 22.7. The van der Waals surface area contributed by atoms with Crippen LogP contribution < -0.4 is 15.6 Å². The van der Waals surface area contributed by atoms with Gasteiger partial charge in [-0.1, -0.05) is 48.5 Å². The quantitative estimate of drug-likeness (QED) is 0.831. The van der Waals surface area contributed by atoms with E-state index >= 15 is 0 Å². The van der Waals surface area contributed by atoms with Gasteiger partial charge in [-0.05, 0) is 18.6 Å². The third-order valence-electron chi connectivity index (χ3n) is 2.91. The predicted molar refractivity (Wildman–Crippen MR) is 85.7 cm³/mol. The average molecular weight is 314 g/mol. The third-order valence-corrected chi connectivity index (χ3v) is 2.91. The van der Waals surface area contributed by atoms with Gasteiger partial charge < -0.3 is 9.47 Å². The van der Waals surface area contributed by atoms with Crippen LogP contribution in [0.2, 0.25) is 0 Å². The van der Waals surface area contributed by atoms with Crippen LogP contribution in [0.15, 0.2) is 54.6 Å². The van der Waals surface area contributed by atoms with Crippen molar-refractivity contribution < 1.29 is 19.1 Å². The number of hydrogen-bond donors (Lipinski definition) is 2. The molecule has 2 aromatic rings. The number of carbonyl (C=O) groups is 2. The Labute approximate surface area is 134 Å². The first-order valence-corrected chi connectivity index (χ1v) is 7.19. The first kappa shape index (κ1) is 16.4. The molecule has 0 heterocycles. The van der Waals surface area contributed by atoms with Gasteiger partial charge in [0.15, 0.2) is 6.61 Å². The summed E-state index contributed by atoms with van der Waals surface area (Å²) in [7, 11) is 0. The maximum absolute atomic E-state index is 11.7. The lowest BCUT2D eigenvalue weighted by Gasteiger charge is -2.12. The summed E-state index contributed by atoms with van der Waals surface area (Å²) in [5, 5.41) is 0. The molecule has 0 radical (unpaired) electrons. The van der Waals surface area contributed by atoms with Crippen LogP contribution in [0.3, 0.4) is 0 Å². The molecule has 6 nitrogen and oxygen atoms in total. The normalized spacial score (nSPS) is 9.78. The highest BCUT2D eigenvalue weighted by atomic mass is 16.6. The van der Waals surface area contributed by atoms with Gasteiger partial charge in [-0.15, -0.1) is 0 Å². The Balaban J connectivity index is 1.94. The van der Waals surface area contributed by atoms with E-state index in [4.69, 9.17) is 4.74 Å². The molecule has 0 unspecified atom stereocenters. The first-order chi connectivity index (χ1) is 11.2. The van der Waals surface area contributed by atoms with Gasteiger partial charge in [-0.3, -0.25) is 10.2 Å². The van der Waals surface area contributed by atoms with E-state index in [-0.39, 0.29) is 13.2 Å². The Morgan fingerprint density at radius 3 is 2.39 bits per heavy atom. The number of hydrogen-bond acceptors (Lipinski definition) is 4. The summed E-state index contributed by atoms with van der Waals surface area (Å²) in [6, 6.07) is 17.2. The van der Waals surface area contributed by atoms with E-state index in [1.54, 1.807) is 13.0 Å². The highest BCUT2D eigenvalue weighted by Gasteiger charge is 2.09. The van der Waals surface area contributed by atoms with Crippen molar-refractivity contribution in [2.75, 3.05) is 13.2 Å². The monoisotopic (exact) mass is 314 g/mol. The fourth-order valence-corrected chi connectivity index (χ4v) is 1.92. The molecule has 0 aromatic heterocycles. The van der Waals surface area contributed by atoms with Crippen LogP contribution in [0.25, 0.3) is 11.1 Å². The van der Waals surface area contributed by atoms with Gasteiger partial charge in [-0.25, -0.2) is 10.2 Å². The van der Waals surface area contributed by atoms with Gasteiger partial charge in [-0.2, -0.15) is 0 Å². The predicted octanol–water partition coefficient (Wildman–Crippen LogP) is 2.51. The van der Waals surface area contributed by atoms with Crippen LogP contribution in [0.5, 0.6) is 5.75 Å². The van der Waals surface area contributed by atoms with Gasteiger partial charge in [0.25, 0.3) is 5.91 Å². The number of rotatable bonds is 5. The van der Waals surface area contributed by atoms with Crippen molar-refractivity contribution in [3.05, 3.63) is 54.6 Å². The van der Waals surface area contributed by atoms with Crippen molar-refractivity contribution in [1.29, 1.82) is 0 Å². The second kappa shape index (κ2) is 8.43. The van der Waals surface area contributed by atoms with Crippen LogP contribution in [-0.4, -0.2) is 25.2 Å². The molecule has 0 atom stereocenters. The Morgan fingerprint density at radius 2 is 1.65 bits per heavy atom. The van der Waals surface area contributed by atoms with Crippen molar-refractivity contribution >= 4 is 12.0 Å². The maximum Gasteiger partial charge on any atom is 0.426 e. The van der Waals surface area contributed by atoms with Crippen molar-refractivity contribution in [3.63, 3.8) is 0 Å². The largest absolute Gasteiger partial charge is 0.483 e. The number of carbonyl (C=O) groups excluding carboxylic acids is 2. The molecule has 0 spiro atoms. The molecule has 0 fully saturated rings. The second-order valence-corrected chi connectivity index (χ2v) is 4.54. The molecule has 23 heavy (non-hydrogen) atoms. The second-order valence-electron chi connectivity index (χ2n) is 4.54. The van der Waals surface area contributed by atoms with E-state index in [2.05, 4.69) is 15.6 Å². The van der Waals surface area contributed by atoms with E-state index < -0.39 is 12.0 Å². The highest BCUT2D eigenvalue weighted by Crippen LogP contribution is 2.29. The summed E-state index contributed by atoms with van der Waals surface area (Å²) >= 11 is 0. The number of para-hydroxylation sites is 1. The molecule has 0 aliphatic rings. The van der Waals surface area contributed by atoms with Gasteiger partial charge in [0, 0.05) is 5.56 Å².